The molecule has 1 aliphatic heterocycles. The minimum Gasteiger partial charge on any atom is -0.426 e. The summed E-state index contributed by atoms with van der Waals surface area (Å²) < 4.78 is 5.30. The van der Waals surface area contributed by atoms with Gasteiger partial charge in [0.15, 0.2) is 0 Å². The molecule has 3 rings (SSSR count). The topological polar surface area (TPSA) is 29.5 Å². The SMILES string of the molecule is CN1CCCC1.[B][C@@H](C(=O)Oc1ccccc1C)c1ccccc1. The molecule has 2 aromatic rings. The van der Waals surface area contributed by atoms with Crippen LogP contribution in [0.1, 0.15) is 29.8 Å². The highest BCUT2D eigenvalue weighted by Gasteiger charge is 2.17. The van der Waals surface area contributed by atoms with Crippen molar-refractivity contribution < 1.29 is 9.53 Å². The number of ether oxygens (including phenoxy) is 1. The predicted octanol–water partition coefficient (Wildman–Crippen LogP) is 3.52. The number of aryl methyl sites for hydroxylation is 1. The Balaban J connectivity index is 0.000000292. The summed E-state index contributed by atoms with van der Waals surface area (Å²) in [6.07, 6.45) is 2.83. The normalized spacial score (nSPS) is 15.2. The number of carbonyl (C=O) groups excluding carboxylic acids is 1. The lowest BCUT2D eigenvalue weighted by Crippen LogP contribution is -2.19. The van der Waals surface area contributed by atoms with E-state index in [1.807, 2.05) is 55.5 Å². The maximum absolute atomic E-state index is 11.9. The first-order valence-corrected chi connectivity index (χ1v) is 8.34. The number of benzene rings is 2. The molecule has 4 heteroatoms. The van der Waals surface area contributed by atoms with E-state index in [1.54, 1.807) is 6.07 Å². The van der Waals surface area contributed by atoms with Crippen molar-refractivity contribution in [1.82, 2.24) is 4.90 Å². The quantitative estimate of drug-likeness (QED) is 0.492. The zero-order valence-corrected chi connectivity index (χ0v) is 14.4. The van der Waals surface area contributed by atoms with Crippen LogP contribution in [0.2, 0.25) is 0 Å². The fourth-order valence-electron chi connectivity index (χ4n) is 2.51. The number of likely N-dealkylation sites (tertiary alicyclic amines) is 1. The Labute approximate surface area is 146 Å². The number of hydrogen-bond donors (Lipinski definition) is 0. The summed E-state index contributed by atoms with van der Waals surface area (Å²) in [6, 6.07) is 16.5. The van der Waals surface area contributed by atoms with E-state index in [9.17, 15) is 4.79 Å². The smallest absolute Gasteiger partial charge is 0.309 e. The minimum atomic E-state index is -0.759. The molecule has 1 fully saturated rings. The lowest BCUT2D eigenvalue weighted by atomic mass is 9.81. The fourth-order valence-corrected chi connectivity index (χ4v) is 2.51. The van der Waals surface area contributed by atoms with E-state index < -0.39 is 11.8 Å². The molecule has 1 aliphatic rings. The molecule has 0 amide bonds. The fraction of sp³-hybridized carbons (Fsp3) is 0.350. The summed E-state index contributed by atoms with van der Waals surface area (Å²) in [5.41, 5.74) is 1.65. The Kier molecular flexibility index (Phi) is 7.07. The van der Waals surface area contributed by atoms with Crippen LogP contribution in [-0.4, -0.2) is 38.9 Å². The van der Waals surface area contributed by atoms with Crippen LogP contribution in [0.15, 0.2) is 54.6 Å². The molecule has 0 bridgehead atoms. The Morgan fingerprint density at radius 1 is 1.04 bits per heavy atom. The van der Waals surface area contributed by atoms with Crippen LogP contribution in [0.3, 0.4) is 0 Å². The van der Waals surface area contributed by atoms with Gasteiger partial charge >= 0.3 is 5.97 Å². The molecule has 1 heterocycles. The molecule has 0 aliphatic carbocycles. The molecule has 0 N–H and O–H groups in total. The van der Waals surface area contributed by atoms with Crippen LogP contribution in [0, 0.1) is 6.92 Å². The molecule has 2 radical (unpaired) electrons. The Morgan fingerprint density at radius 3 is 2.17 bits per heavy atom. The van der Waals surface area contributed by atoms with Gasteiger partial charge in [0.2, 0.25) is 0 Å². The molecule has 0 spiro atoms. The number of hydrogen-bond acceptors (Lipinski definition) is 3. The molecular formula is C20H24BNO2. The number of carbonyl (C=O) groups is 1. The van der Waals surface area contributed by atoms with E-state index in [1.165, 1.54) is 25.9 Å². The van der Waals surface area contributed by atoms with Crippen molar-refractivity contribution in [1.29, 1.82) is 0 Å². The summed E-state index contributed by atoms with van der Waals surface area (Å²) >= 11 is 0. The van der Waals surface area contributed by atoms with E-state index >= 15 is 0 Å². The molecule has 0 aromatic heterocycles. The van der Waals surface area contributed by atoms with Gasteiger partial charge in [0.05, 0.1) is 7.85 Å². The van der Waals surface area contributed by atoms with Gasteiger partial charge in [-0.15, -0.1) is 0 Å². The summed E-state index contributed by atoms with van der Waals surface area (Å²) in [5, 5.41) is 0. The average molecular weight is 321 g/mol. The molecule has 124 valence electrons. The predicted molar refractivity (Wildman–Crippen MR) is 98.5 cm³/mol. The molecule has 2 aromatic carbocycles. The van der Waals surface area contributed by atoms with E-state index in [0.717, 1.165) is 11.1 Å². The molecule has 1 atom stereocenters. The monoisotopic (exact) mass is 321 g/mol. The largest absolute Gasteiger partial charge is 0.426 e. The van der Waals surface area contributed by atoms with Crippen molar-refractivity contribution in [3.63, 3.8) is 0 Å². The van der Waals surface area contributed by atoms with Crippen LogP contribution in [0.5, 0.6) is 5.75 Å². The van der Waals surface area contributed by atoms with E-state index in [-0.39, 0.29) is 0 Å². The maximum atomic E-state index is 11.9. The molecule has 24 heavy (non-hydrogen) atoms. The standard InChI is InChI=1S/C15H13BO2.C5H11N/c1-11-7-5-6-10-13(11)18-15(17)14(16)12-8-3-2-4-9-12;1-6-4-2-3-5-6/h2-10,14H,1H3;2-5H2,1H3/t14-;/m1./s1. The van der Waals surface area contributed by atoms with Crippen molar-refractivity contribution in [3.8, 4) is 5.75 Å². The van der Waals surface area contributed by atoms with Gasteiger partial charge in [0.1, 0.15) is 5.75 Å². The van der Waals surface area contributed by atoms with Gasteiger partial charge < -0.3 is 9.64 Å². The molecule has 1 saturated heterocycles. The van der Waals surface area contributed by atoms with Gasteiger partial charge in [0, 0.05) is 5.82 Å². The van der Waals surface area contributed by atoms with Gasteiger partial charge in [-0.3, -0.25) is 4.79 Å². The first kappa shape index (κ1) is 18.3. The number of para-hydroxylation sites is 1. The lowest BCUT2D eigenvalue weighted by Gasteiger charge is -2.13. The van der Waals surface area contributed by atoms with Gasteiger partial charge in [-0.05, 0) is 57.1 Å². The summed E-state index contributed by atoms with van der Waals surface area (Å²) in [5.74, 6) is -0.657. The van der Waals surface area contributed by atoms with E-state index in [2.05, 4.69) is 11.9 Å². The Hall–Kier alpha value is -2.07. The second-order valence-electron chi connectivity index (χ2n) is 6.09. The molecule has 0 unspecified atom stereocenters. The number of esters is 1. The van der Waals surface area contributed by atoms with Crippen LogP contribution < -0.4 is 4.74 Å². The van der Waals surface area contributed by atoms with Crippen LogP contribution in [0.25, 0.3) is 0 Å². The van der Waals surface area contributed by atoms with Gasteiger partial charge in [0.25, 0.3) is 0 Å². The first-order chi connectivity index (χ1) is 11.6. The minimum absolute atomic E-state index is 0.449. The zero-order chi connectivity index (χ0) is 17.4. The Bertz CT molecular complexity index is 639. The molecule has 0 saturated carbocycles. The lowest BCUT2D eigenvalue weighted by molar-refractivity contribution is -0.134. The van der Waals surface area contributed by atoms with Gasteiger partial charge in [-0.2, -0.15) is 0 Å². The summed E-state index contributed by atoms with van der Waals surface area (Å²) in [7, 11) is 8.04. The van der Waals surface area contributed by atoms with Crippen molar-refractivity contribution >= 4 is 13.8 Å². The zero-order valence-electron chi connectivity index (χ0n) is 14.4. The van der Waals surface area contributed by atoms with Crippen molar-refractivity contribution in [2.75, 3.05) is 20.1 Å². The highest BCUT2D eigenvalue weighted by atomic mass is 16.5. The number of nitrogens with zero attached hydrogens (tertiary/aromatic N) is 1. The summed E-state index contributed by atoms with van der Waals surface area (Å²) in [4.78, 5) is 14.3. The van der Waals surface area contributed by atoms with Gasteiger partial charge in [-0.1, -0.05) is 48.5 Å². The average Bonchev–Trinajstić information content (AvgIpc) is 3.08. The summed E-state index contributed by atoms with van der Waals surface area (Å²) in [6.45, 7) is 4.52. The van der Waals surface area contributed by atoms with Crippen LogP contribution >= 0.6 is 0 Å². The van der Waals surface area contributed by atoms with Gasteiger partial charge in [-0.25, -0.2) is 0 Å². The van der Waals surface area contributed by atoms with E-state index in [0.29, 0.717) is 5.75 Å². The maximum Gasteiger partial charge on any atom is 0.309 e. The Morgan fingerprint density at radius 2 is 1.62 bits per heavy atom. The van der Waals surface area contributed by atoms with Crippen LogP contribution in [-0.2, 0) is 4.79 Å². The third-order valence-corrected chi connectivity index (χ3v) is 4.05. The van der Waals surface area contributed by atoms with Crippen molar-refractivity contribution in [3.05, 3.63) is 65.7 Å². The third kappa shape index (κ3) is 5.53. The second kappa shape index (κ2) is 9.28. The molecular weight excluding hydrogens is 297 g/mol. The van der Waals surface area contributed by atoms with E-state index in [4.69, 9.17) is 12.6 Å². The van der Waals surface area contributed by atoms with Crippen LogP contribution in [0.4, 0.5) is 0 Å². The first-order valence-electron chi connectivity index (χ1n) is 8.34. The van der Waals surface area contributed by atoms with Crippen molar-refractivity contribution in [2.45, 2.75) is 25.6 Å². The van der Waals surface area contributed by atoms with Crippen molar-refractivity contribution in [2.24, 2.45) is 0 Å². The number of rotatable bonds is 3. The highest BCUT2D eigenvalue weighted by Crippen LogP contribution is 2.20. The second-order valence-corrected chi connectivity index (χ2v) is 6.09. The molecule has 3 nitrogen and oxygen atoms in total. The third-order valence-electron chi connectivity index (χ3n) is 4.05. The highest BCUT2D eigenvalue weighted by molar-refractivity contribution is 6.23.